The molecule has 0 fully saturated rings. The van der Waals surface area contributed by atoms with Crippen LogP contribution in [0.5, 0.6) is 0 Å². The summed E-state index contributed by atoms with van der Waals surface area (Å²) >= 11 is 0. The molecule has 0 aliphatic heterocycles. The highest BCUT2D eigenvalue weighted by Crippen LogP contribution is 2.19. The average Bonchev–Trinajstić information content (AvgIpc) is 2.94. The lowest BCUT2D eigenvalue weighted by atomic mass is 10.2. The van der Waals surface area contributed by atoms with Crippen LogP contribution >= 0.6 is 0 Å². The maximum Gasteiger partial charge on any atom is 0.294 e. The van der Waals surface area contributed by atoms with E-state index in [1.807, 2.05) is 0 Å². The van der Waals surface area contributed by atoms with Gasteiger partial charge in [-0.3, -0.25) is 9.35 Å². The predicted molar refractivity (Wildman–Crippen MR) is 90.1 cm³/mol. The van der Waals surface area contributed by atoms with Crippen molar-refractivity contribution in [1.82, 2.24) is 14.8 Å². The first-order chi connectivity index (χ1) is 12.7. The third-order valence-corrected chi connectivity index (χ3v) is 4.28. The quantitative estimate of drug-likeness (QED) is 0.568. The van der Waals surface area contributed by atoms with Crippen molar-refractivity contribution in [2.75, 3.05) is 11.1 Å². The Labute approximate surface area is 151 Å². The van der Waals surface area contributed by atoms with E-state index < -0.39 is 39.2 Å². The molecule has 1 aromatic heterocycles. The van der Waals surface area contributed by atoms with E-state index in [-0.39, 0.29) is 10.8 Å². The largest absolute Gasteiger partial charge is 0.368 e. The Bertz CT molecular complexity index is 1110. The third kappa shape index (κ3) is 3.75. The maximum atomic E-state index is 13.8. The number of anilines is 3. The summed E-state index contributed by atoms with van der Waals surface area (Å²) in [5.41, 5.74) is 5.06. The third-order valence-electron chi connectivity index (χ3n) is 3.41. The summed E-state index contributed by atoms with van der Waals surface area (Å²) in [5.74, 6) is -3.89. The molecule has 3 aromatic rings. The number of carbonyl (C=O) groups excluding carboxylic acids is 1. The molecule has 0 saturated heterocycles. The van der Waals surface area contributed by atoms with E-state index in [4.69, 9.17) is 10.3 Å². The van der Waals surface area contributed by atoms with Gasteiger partial charge in [0.05, 0.1) is 4.90 Å². The molecule has 4 N–H and O–H groups in total. The zero-order chi connectivity index (χ0) is 19.8. The SMILES string of the molecule is Nc1nc(Nc2ccc(S(=O)(=O)O)cc2)nn1C(=O)c1c(F)cccc1F. The van der Waals surface area contributed by atoms with Crippen LogP contribution in [-0.4, -0.2) is 33.6 Å². The zero-order valence-corrected chi connectivity index (χ0v) is 14.1. The minimum atomic E-state index is -4.34. The molecule has 12 heteroatoms. The van der Waals surface area contributed by atoms with Crippen LogP contribution in [0.15, 0.2) is 47.4 Å². The second-order valence-electron chi connectivity index (χ2n) is 5.23. The standard InChI is InChI=1S/C15H11F2N5O4S/c16-10-2-1-3-11(17)12(10)13(23)22-14(18)20-15(21-22)19-8-4-6-9(7-5-8)27(24,25)26/h1-7H,(H,24,25,26)(H3,18,19,20,21). The molecule has 2 aromatic carbocycles. The van der Waals surface area contributed by atoms with Crippen molar-refractivity contribution in [1.29, 1.82) is 0 Å². The van der Waals surface area contributed by atoms with Crippen molar-refractivity contribution < 1.29 is 26.5 Å². The van der Waals surface area contributed by atoms with Gasteiger partial charge in [-0.2, -0.15) is 18.1 Å². The highest BCUT2D eigenvalue weighted by atomic mass is 32.2. The van der Waals surface area contributed by atoms with Gasteiger partial charge < -0.3 is 11.1 Å². The minimum absolute atomic E-state index is 0.169. The zero-order valence-electron chi connectivity index (χ0n) is 13.3. The number of hydrogen-bond acceptors (Lipinski definition) is 7. The molecule has 0 radical (unpaired) electrons. The number of carbonyl (C=O) groups is 1. The van der Waals surface area contributed by atoms with Gasteiger partial charge in [0.25, 0.3) is 16.0 Å². The van der Waals surface area contributed by atoms with Crippen LogP contribution in [0.1, 0.15) is 10.4 Å². The molecule has 9 nitrogen and oxygen atoms in total. The van der Waals surface area contributed by atoms with E-state index in [1.165, 1.54) is 12.1 Å². The predicted octanol–water partition coefficient (Wildman–Crippen LogP) is 1.82. The monoisotopic (exact) mass is 395 g/mol. The number of nitrogens with two attached hydrogens (primary N) is 1. The average molecular weight is 395 g/mol. The second-order valence-corrected chi connectivity index (χ2v) is 6.65. The minimum Gasteiger partial charge on any atom is -0.368 e. The fourth-order valence-corrected chi connectivity index (χ4v) is 2.65. The molecule has 140 valence electrons. The molecule has 0 unspecified atom stereocenters. The van der Waals surface area contributed by atoms with Crippen molar-refractivity contribution in [3.8, 4) is 0 Å². The fourth-order valence-electron chi connectivity index (χ4n) is 2.17. The lowest BCUT2D eigenvalue weighted by Gasteiger charge is -2.04. The number of rotatable bonds is 4. The fraction of sp³-hybridized carbons (Fsp3) is 0. The van der Waals surface area contributed by atoms with Crippen LogP contribution in [0.25, 0.3) is 0 Å². The smallest absolute Gasteiger partial charge is 0.294 e. The van der Waals surface area contributed by atoms with Crippen molar-refractivity contribution in [3.63, 3.8) is 0 Å². The molecule has 3 rings (SSSR count). The van der Waals surface area contributed by atoms with E-state index in [1.54, 1.807) is 0 Å². The molecular weight excluding hydrogens is 384 g/mol. The molecule has 1 heterocycles. The van der Waals surface area contributed by atoms with Crippen molar-refractivity contribution in [3.05, 3.63) is 59.7 Å². The second kappa shape index (κ2) is 6.74. The lowest BCUT2D eigenvalue weighted by Crippen LogP contribution is -2.19. The summed E-state index contributed by atoms with van der Waals surface area (Å²) < 4.78 is 59.0. The Morgan fingerprint density at radius 3 is 2.26 bits per heavy atom. The number of aromatic nitrogens is 3. The Balaban J connectivity index is 1.88. The number of nitrogen functional groups attached to an aromatic ring is 1. The maximum absolute atomic E-state index is 13.8. The van der Waals surface area contributed by atoms with Gasteiger partial charge in [-0.15, -0.1) is 5.10 Å². The summed E-state index contributed by atoms with van der Waals surface area (Å²) in [7, 11) is -4.34. The lowest BCUT2D eigenvalue weighted by molar-refractivity contribution is 0.0939. The summed E-state index contributed by atoms with van der Waals surface area (Å²) in [6, 6.07) is 7.79. The van der Waals surface area contributed by atoms with E-state index in [2.05, 4.69) is 15.4 Å². The first-order valence-corrected chi connectivity index (χ1v) is 8.66. The molecule has 0 saturated carbocycles. The van der Waals surface area contributed by atoms with E-state index >= 15 is 0 Å². The first kappa shape index (κ1) is 18.4. The number of nitrogens with one attached hydrogen (secondary N) is 1. The van der Waals surface area contributed by atoms with Gasteiger partial charge in [0.1, 0.15) is 17.2 Å². The van der Waals surface area contributed by atoms with Gasteiger partial charge in [-0.05, 0) is 36.4 Å². The number of nitrogens with zero attached hydrogens (tertiary/aromatic N) is 3. The van der Waals surface area contributed by atoms with E-state index in [0.29, 0.717) is 10.4 Å². The van der Waals surface area contributed by atoms with Gasteiger partial charge >= 0.3 is 0 Å². The first-order valence-electron chi connectivity index (χ1n) is 7.22. The van der Waals surface area contributed by atoms with Crippen LogP contribution in [0.3, 0.4) is 0 Å². The Morgan fingerprint density at radius 2 is 1.70 bits per heavy atom. The molecule has 0 aliphatic rings. The molecule has 0 atom stereocenters. The van der Waals surface area contributed by atoms with Crippen molar-refractivity contribution in [2.45, 2.75) is 4.90 Å². The van der Waals surface area contributed by atoms with Crippen LogP contribution < -0.4 is 11.1 Å². The van der Waals surface area contributed by atoms with Gasteiger partial charge in [0.15, 0.2) is 0 Å². The highest BCUT2D eigenvalue weighted by Gasteiger charge is 2.23. The van der Waals surface area contributed by atoms with Crippen LogP contribution in [-0.2, 0) is 10.1 Å². The van der Waals surface area contributed by atoms with Gasteiger partial charge in [0.2, 0.25) is 11.9 Å². The summed E-state index contributed by atoms with van der Waals surface area (Å²) in [4.78, 5) is 15.8. The number of halogens is 2. The number of hydrogen-bond donors (Lipinski definition) is 3. The Hall–Kier alpha value is -3.38. The van der Waals surface area contributed by atoms with Gasteiger partial charge in [0, 0.05) is 5.69 Å². The molecule has 0 spiro atoms. The summed E-state index contributed by atoms with van der Waals surface area (Å²) in [6.07, 6.45) is 0. The van der Waals surface area contributed by atoms with Crippen LogP contribution in [0, 0.1) is 11.6 Å². The normalized spacial score (nSPS) is 11.4. The summed E-state index contributed by atoms with van der Waals surface area (Å²) in [6.45, 7) is 0. The highest BCUT2D eigenvalue weighted by molar-refractivity contribution is 7.85. The molecule has 0 amide bonds. The Kier molecular flexibility index (Phi) is 4.59. The molecule has 0 bridgehead atoms. The molecular formula is C15H11F2N5O4S. The molecule has 0 aliphatic carbocycles. The van der Waals surface area contributed by atoms with E-state index in [9.17, 15) is 22.0 Å². The molecule has 27 heavy (non-hydrogen) atoms. The van der Waals surface area contributed by atoms with Crippen LogP contribution in [0.4, 0.5) is 26.4 Å². The van der Waals surface area contributed by atoms with Crippen molar-refractivity contribution >= 4 is 33.6 Å². The number of benzene rings is 2. The van der Waals surface area contributed by atoms with Crippen molar-refractivity contribution in [2.24, 2.45) is 0 Å². The Morgan fingerprint density at radius 1 is 1.11 bits per heavy atom. The van der Waals surface area contributed by atoms with Crippen LogP contribution in [0.2, 0.25) is 0 Å². The van der Waals surface area contributed by atoms with Gasteiger partial charge in [-0.25, -0.2) is 8.78 Å². The topological polar surface area (TPSA) is 140 Å². The summed E-state index contributed by atoms with van der Waals surface area (Å²) in [5, 5.41) is 6.39. The van der Waals surface area contributed by atoms with E-state index in [0.717, 1.165) is 30.3 Å². The van der Waals surface area contributed by atoms with Gasteiger partial charge in [-0.1, -0.05) is 6.07 Å².